The molecule has 2 aliphatic rings. The summed E-state index contributed by atoms with van der Waals surface area (Å²) in [7, 11) is -0.610. The topological polar surface area (TPSA) is 143 Å². The predicted molar refractivity (Wildman–Crippen MR) is 141 cm³/mol. The Hall–Kier alpha value is -2.93. The smallest absolute Gasteiger partial charge is 0.480 e. The number of carboxylic acid groups (broad SMARTS) is 1. The zero-order valence-corrected chi connectivity index (χ0v) is 23.8. The normalized spacial score (nSPS) is 21.8. The molecule has 1 aromatic heterocycles. The summed E-state index contributed by atoms with van der Waals surface area (Å²) in [5.41, 5.74) is -1.08. The molecule has 2 fully saturated rings. The molecule has 2 saturated heterocycles. The van der Waals surface area contributed by atoms with E-state index in [1.54, 1.807) is 51.9 Å². The highest BCUT2D eigenvalue weighted by Crippen LogP contribution is 2.36. The summed E-state index contributed by atoms with van der Waals surface area (Å²) >= 11 is 0. The number of carbonyl (C=O) groups excluding carboxylic acids is 2. The first-order valence-electron chi connectivity index (χ1n) is 12.9. The Labute approximate surface area is 224 Å². The monoisotopic (exact) mass is 533 g/mol. The molecular weight excluding hydrogens is 493 g/mol. The van der Waals surface area contributed by atoms with Crippen LogP contribution in [0.1, 0.15) is 62.3 Å². The van der Waals surface area contributed by atoms with Gasteiger partial charge in [0.05, 0.1) is 17.7 Å². The minimum atomic E-state index is -1.16. The van der Waals surface area contributed by atoms with Gasteiger partial charge in [-0.1, -0.05) is 13.8 Å². The summed E-state index contributed by atoms with van der Waals surface area (Å²) in [6.07, 6.45) is 2.49. The number of ether oxygens (including phenoxy) is 1. The maximum Gasteiger partial charge on any atom is 0.498 e. The predicted octanol–water partition coefficient (Wildman–Crippen LogP) is 1.43. The molecule has 12 nitrogen and oxygen atoms in total. The number of nitrogens with one attached hydrogen (secondary N) is 1. The SMILES string of the molecule is CC(C)[C@H](NC(=O)OC(C)(C)C)C(=O)N1CCN(c2ncc(B3OC(C)(C)C(C)(C)O3)cn2)C[C@@H]1C(=O)O. The van der Waals surface area contributed by atoms with E-state index in [1.807, 2.05) is 27.7 Å². The lowest BCUT2D eigenvalue weighted by atomic mass is 9.81. The molecule has 0 bridgehead atoms. The van der Waals surface area contributed by atoms with Crippen molar-refractivity contribution in [3.05, 3.63) is 12.4 Å². The zero-order chi connectivity index (χ0) is 28.6. The van der Waals surface area contributed by atoms with Gasteiger partial charge in [0.1, 0.15) is 17.7 Å². The maximum atomic E-state index is 13.4. The van der Waals surface area contributed by atoms with Crippen LogP contribution in [0.3, 0.4) is 0 Å². The molecule has 3 rings (SSSR count). The molecule has 0 radical (unpaired) electrons. The molecule has 0 saturated carbocycles. The van der Waals surface area contributed by atoms with Crippen LogP contribution in [-0.4, -0.2) is 93.6 Å². The third-order valence-electron chi connectivity index (χ3n) is 7.02. The maximum absolute atomic E-state index is 13.4. The highest BCUT2D eigenvalue weighted by Gasteiger charge is 2.52. The Bertz CT molecular complexity index is 1030. The van der Waals surface area contributed by atoms with Gasteiger partial charge in [-0.25, -0.2) is 19.6 Å². The van der Waals surface area contributed by atoms with Crippen LogP contribution < -0.4 is 15.7 Å². The Kier molecular flexibility index (Phi) is 8.33. The van der Waals surface area contributed by atoms with Gasteiger partial charge in [0.2, 0.25) is 11.9 Å². The summed E-state index contributed by atoms with van der Waals surface area (Å²) in [5.74, 6) is -1.57. The molecule has 2 N–H and O–H groups in total. The van der Waals surface area contributed by atoms with Gasteiger partial charge in [0.25, 0.3) is 0 Å². The molecule has 0 spiro atoms. The largest absolute Gasteiger partial charge is 0.498 e. The van der Waals surface area contributed by atoms with E-state index in [1.165, 1.54) is 4.90 Å². The minimum absolute atomic E-state index is 0.00579. The van der Waals surface area contributed by atoms with Gasteiger partial charge < -0.3 is 34.3 Å². The van der Waals surface area contributed by atoms with Gasteiger partial charge in [-0.2, -0.15) is 0 Å². The fourth-order valence-corrected chi connectivity index (χ4v) is 4.16. The second-order valence-electron chi connectivity index (χ2n) is 12.1. The lowest BCUT2D eigenvalue weighted by Crippen LogP contribution is -2.63. The number of hydrogen-bond acceptors (Lipinski definition) is 9. The number of anilines is 1. The Balaban J connectivity index is 1.71. The Morgan fingerprint density at radius 3 is 2.13 bits per heavy atom. The molecule has 3 heterocycles. The zero-order valence-electron chi connectivity index (χ0n) is 23.8. The first-order valence-corrected chi connectivity index (χ1v) is 12.9. The Morgan fingerprint density at radius 2 is 1.66 bits per heavy atom. The lowest BCUT2D eigenvalue weighted by Gasteiger charge is -2.41. The van der Waals surface area contributed by atoms with Crippen molar-refractivity contribution in [1.29, 1.82) is 0 Å². The lowest BCUT2D eigenvalue weighted by molar-refractivity contribution is -0.152. The van der Waals surface area contributed by atoms with Gasteiger partial charge >= 0.3 is 19.2 Å². The van der Waals surface area contributed by atoms with E-state index in [0.717, 1.165) is 0 Å². The summed E-state index contributed by atoms with van der Waals surface area (Å²) in [6.45, 7) is 17.0. The first-order chi connectivity index (χ1) is 17.4. The van der Waals surface area contributed by atoms with Crippen molar-refractivity contribution in [3.63, 3.8) is 0 Å². The van der Waals surface area contributed by atoms with E-state index in [9.17, 15) is 19.5 Å². The molecule has 2 amide bonds. The molecule has 210 valence electrons. The van der Waals surface area contributed by atoms with Crippen LogP contribution in [0.25, 0.3) is 0 Å². The summed E-state index contributed by atoms with van der Waals surface area (Å²) in [6, 6.07) is -2.09. The number of amides is 2. The number of aliphatic carboxylic acids is 1. The number of hydrogen-bond donors (Lipinski definition) is 2. The number of carboxylic acids is 1. The average molecular weight is 533 g/mol. The molecule has 38 heavy (non-hydrogen) atoms. The minimum Gasteiger partial charge on any atom is -0.480 e. The highest BCUT2D eigenvalue weighted by atomic mass is 16.7. The third-order valence-corrected chi connectivity index (χ3v) is 7.02. The Morgan fingerprint density at radius 1 is 1.11 bits per heavy atom. The molecule has 2 atom stereocenters. The van der Waals surface area contributed by atoms with E-state index in [0.29, 0.717) is 18.0 Å². The summed E-state index contributed by atoms with van der Waals surface area (Å²) in [4.78, 5) is 49.8. The number of rotatable bonds is 6. The van der Waals surface area contributed by atoms with Crippen LogP contribution in [0.4, 0.5) is 10.7 Å². The molecule has 13 heteroatoms. The third kappa shape index (κ3) is 6.55. The molecule has 0 unspecified atom stereocenters. The molecule has 2 aliphatic heterocycles. The van der Waals surface area contributed by atoms with Crippen molar-refractivity contribution in [2.75, 3.05) is 24.5 Å². The second kappa shape index (κ2) is 10.7. The fourth-order valence-electron chi connectivity index (χ4n) is 4.16. The summed E-state index contributed by atoms with van der Waals surface area (Å²) < 4.78 is 17.4. The number of piperazine rings is 1. The second-order valence-corrected chi connectivity index (χ2v) is 12.1. The fraction of sp³-hybridized carbons (Fsp3) is 0.720. The number of aromatic nitrogens is 2. The van der Waals surface area contributed by atoms with Gasteiger partial charge in [-0.3, -0.25) is 4.79 Å². The van der Waals surface area contributed by atoms with E-state index in [-0.39, 0.29) is 19.0 Å². The van der Waals surface area contributed by atoms with Crippen molar-refractivity contribution in [2.45, 2.75) is 91.2 Å². The number of nitrogens with zero attached hydrogens (tertiary/aromatic N) is 4. The highest BCUT2D eigenvalue weighted by molar-refractivity contribution is 6.61. The van der Waals surface area contributed by atoms with Crippen molar-refractivity contribution in [3.8, 4) is 0 Å². The quantitative estimate of drug-likeness (QED) is 0.516. The van der Waals surface area contributed by atoms with Gasteiger partial charge in [-0.15, -0.1) is 0 Å². The first kappa shape index (κ1) is 29.6. The summed E-state index contributed by atoms with van der Waals surface area (Å²) in [5, 5.41) is 12.6. The standard InChI is InChI=1S/C25H40BN5O7/c1-15(2)18(29-22(35)36-23(3,4)5)19(32)31-11-10-30(14-17(31)20(33)34)21-27-12-16(13-28-21)26-37-24(6,7)25(8,9)38-26/h12-13,15,17-18H,10-11,14H2,1-9H3,(H,29,35)(H,33,34)/t17-,18+/m1/s1. The van der Waals surface area contributed by atoms with E-state index in [4.69, 9.17) is 14.0 Å². The van der Waals surface area contributed by atoms with Crippen molar-refractivity contribution in [2.24, 2.45) is 5.92 Å². The van der Waals surface area contributed by atoms with Crippen molar-refractivity contribution < 1.29 is 33.5 Å². The van der Waals surface area contributed by atoms with Gasteiger partial charge in [0.15, 0.2) is 0 Å². The van der Waals surface area contributed by atoms with Crippen LogP contribution >= 0.6 is 0 Å². The molecule has 1 aromatic rings. The van der Waals surface area contributed by atoms with Crippen LogP contribution in [-0.2, 0) is 23.6 Å². The number of alkyl carbamates (subject to hydrolysis) is 1. The molecule has 0 aromatic carbocycles. The van der Waals surface area contributed by atoms with Crippen LogP contribution in [0, 0.1) is 5.92 Å². The van der Waals surface area contributed by atoms with Gasteiger partial charge in [-0.05, 0) is 54.4 Å². The van der Waals surface area contributed by atoms with E-state index >= 15 is 0 Å². The van der Waals surface area contributed by atoms with E-state index in [2.05, 4.69) is 15.3 Å². The molecule has 0 aliphatic carbocycles. The van der Waals surface area contributed by atoms with Crippen molar-refractivity contribution in [1.82, 2.24) is 20.2 Å². The van der Waals surface area contributed by atoms with Crippen LogP contribution in [0.2, 0.25) is 0 Å². The van der Waals surface area contributed by atoms with Crippen LogP contribution in [0.15, 0.2) is 12.4 Å². The van der Waals surface area contributed by atoms with Gasteiger partial charge in [0, 0.05) is 30.9 Å². The van der Waals surface area contributed by atoms with Crippen LogP contribution in [0.5, 0.6) is 0 Å². The van der Waals surface area contributed by atoms with Crippen molar-refractivity contribution >= 4 is 36.5 Å². The average Bonchev–Trinajstić information content (AvgIpc) is 3.02. The number of carbonyl (C=O) groups is 3. The van der Waals surface area contributed by atoms with E-state index < -0.39 is 54.0 Å². The molecular formula is C25H40BN5O7.